The summed E-state index contributed by atoms with van der Waals surface area (Å²) in [7, 11) is 0. The summed E-state index contributed by atoms with van der Waals surface area (Å²) in [5, 5.41) is 4.90. The fourth-order valence-corrected chi connectivity index (χ4v) is 2.64. The van der Waals surface area contributed by atoms with Gasteiger partial charge in [0.1, 0.15) is 18.0 Å². The molecule has 0 spiro atoms. The molecule has 0 saturated carbocycles. The number of carbonyl (C=O) groups is 5. The van der Waals surface area contributed by atoms with Gasteiger partial charge in [-0.05, 0) is 18.6 Å². The first kappa shape index (κ1) is 15.6. The number of carbonyl (C=O) groups excluding carboxylic acids is 5. The zero-order valence-corrected chi connectivity index (χ0v) is 12.4. The van der Waals surface area contributed by atoms with E-state index < -0.39 is 29.7 Å². The largest absolute Gasteiger partial charge is 0.351 e. The van der Waals surface area contributed by atoms with Crippen LogP contribution in [0.1, 0.15) is 23.2 Å². The molecule has 1 fully saturated rings. The fraction of sp³-hybridized carbons (Fsp3) is 0.188. The number of aldehydes is 1. The Morgan fingerprint density at radius 1 is 1.21 bits per heavy atom. The van der Waals surface area contributed by atoms with E-state index in [2.05, 4.69) is 10.6 Å². The van der Waals surface area contributed by atoms with E-state index in [1.165, 1.54) is 6.07 Å². The molecule has 1 aromatic rings. The zero-order valence-electron chi connectivity index (χ0n) is 12.4. The maximum Gasteiger partial charge on any atom is 0.278 e. The first-order valence-electron chi connectivity index (χ1n) is 7.25. The van der Waals surface area contributed by atoms with E-state index in [0.717, 1.165) is 11.0 Å². The molecule has 3 rings (SSSR count). The molecule has 0 radical (unpaired) electrons. The van der Waals surface area contributed by atoms with Crippen LogP contribution in [0, 0.1) is 0 Å². The van der Waals surface area contributed by atoms with E-state index in [-0.39, 0.29) is 18.5 Å². The average molecular weight is 327 g/mol. The Bertz CT molecular complexity index is 799. The van der Waals surface area contributed by atoms with Crippen LogP contribution in [-0.2, 0) is 19.2 Å². The minimum atomic E-state index is -1.00. The van der Waals surface area contributed by atoms with Crippen LogP contribution in [0.15, 0.2) is 36.0 Å². The summed E-state index contributed by atoms with van der Waals surface area (Å²) in [5.41, 5.74) is 0.893. The van der Waals surface area contributed by atoms with E-state index in [0.29, 0.717) is 17.5 Å². The maximum atomic E-state index is 12.4. The molecule has 2 heterocycles. The molecule has 0 bridgehead atoms. The second kappa shape index (κ2) is 6.07. The standard InChI is InChI=1S/C16H13N3O5/c20-8-9-2-1-3-10(6-9)17-11-7-14(22)19(16(11)24)12-4-5-13(21)18-15(12)23/h1-3,6-8,12,17H,4-5H2,(H,18,21,23). The van der Waals surface area contributed by atoms with E-state index in [4.69, 9.17) is 0 Å². The lowest BCUT2D eigenvalue weighted by atomic mass is 10.0. The molecule has 8 heteroatoms. The van der Waals surface area contributed by atoms with Gasteiger partial charge >= 0.3 is 0 Å². The predicted octanol–water partition coefficient (Wildman–Crippen LogP) is -0.0311. The van der Waals surface area contributed by atoms with Crippen molar-refractivity contribution in [2.75, 3.05) is 5.32 Å². The van der Waals surface area contributed by atoms with Crippen LogP contribution in [0.25, 0.3) is 0 Å². The van der Waals surface area contributed by atoms with Crippen molar-refractivity contribution in [1.29, 1.82) is 0 Å². The zero-order chi connectivity index (χ0) is 17.3. The minimum Gasteiger partial charge on any atom is -0.351 e. The van der Waals surface area contributed by atoms with Gasteiger partial charge in [-0.1, -0.05) is 12.1 Å². The molecule has 1 atom stereocenters. The Kier molecular flexibility index (Phi) is 3.95. The number of rotatable bonds is 4. The highest BCUT2D eigenvalue weighted by Gasteiger charge is 2.42. The van der Waals surface area contributed by atoms with Crippen molar-refractivity contribution < 1.29 is 24.0 Å². The summed E-state index contributed by atoms with van der Waals surface area (Å²) in [4.78, 5) is 59.2. The molecule has 122 valence electrons. The molecular weight excluding hydrogens is 314 g/mol. The molecule has 2 aliphatic heterocycles. The predicted molar refractivity (Wildman–Crippen MR) is 81.6 cm³/mol. The number of nitrogens with one attached hydrogen (secondary N) is 2. The van der Waals surface area contributed by atoms with Gasteiger partial charge < -0.3 is 5.32 Å². The lowest BCUT2D eigenvalue weighted by Crippen LogP contribution is -2.54. The van der Waals surface area contributed by atoms with Crippen molar-refractivity contribution in [3.63, 3.8) is 0 Å². The van der Waals surface area contributed by atoms with Crippen LogP contribution in [0.5, 0.6) is 0 Å². The minimum absolute atomic E-state index is 0.00717. The maximum absolute atomic E-state index is 12.4. The molecule has 8 nitrogen and oxygen atoms in total. The van der Waals surface area contributed by atoms with E-state index in [1.54, 1.807) is 18.2 Å². The van der Waals surface area contributed by atoms with Crippen LogP contribution in [0.2, 0.25) is 0 Å². The molecule has 2 N–H and O–H groups in total. The lowest BCUT2D eigenvalue weighted by Gasteiger charge is -2.28. The molecule has 0 aliphatic carbocycles. The topological polar surface area (TPSA) is 113 Å². The summed E-state index contributed by atoms with van der Waals surface area (Å²) in [6.45, 7) is 0. The van der Waals surface area contributed by atoms with Crippen molar-refractivity contribution in [2.24, 2.45) is 0 Å². The summed E-state index contributed by atoms with van der Waals surface area (Å²) in [6.07, 6.45) is 1.93. The number of benzene rings is 1. The normalized spacial score (nSPS) is 20.8. The van der Waals surface area contributed by atoms with Crippen LogP contribution >= 0.6 is 0 Å². The molecule has 1 saturated heterocycles. The second-order valence-electron chi connectivity index (χ2n) is 5.41. The fourth-order valence-electron chi connectivity index (χ4n) is 2.64. The molecular formula is C16H13N3O5. The van der Waals surface area contributed by atoms with Gasteiger partial charge in [0.05, 0.1) is 0 Å². The van der Waals surface area contributed by atoms with Crippen molar-refractivity contribution >= 4 is 35.6 Å². The number of anilines is 1. The van der Waals surface area contributed by atoms with E-state index in [9.17, 15) is 24.0 Å². The molecule has 1 unspecified atom stereocenters. The van der Waals surface area contributed by atoms with Crippen molar-refractivity contribution in [1.82, 2.24) is 10.2 Å². The number of hydrogen-bond donors (Lipinski definition) is 2. The average Bonchev–Trinajstić information content (AvgIpc) is 2.82. The monoisotopic (exact) mass is 327 g/mol. The first-order valence-corrected chi connectivity index (χ1v) is 7.25. The third-order valence-electron chi connectivity index (χ3n) is 3.78. The van der Waals surface area contributed by atoms with Crippen molar-refractivity contribution in [3.8, 4) is 0 Å². The van der Waals surface area contributed by atoms with Gasteiger partial charge in [0, 0.05) is 23.7 Å². The van der Waals surface area contributed by atoms with Crippen molar-refractivity contribution in [2.45, 2.75) is 18.9 Å². The van der Waals surface area contributed by atoms with E-state index in [1.807, 2.05) is 0 Å². The molecule has 2 aliphatic rings. The Hall–Kier alpha value is -3.29. The van der Waals surface area contributed by atoms with E-state index >= 15 is 0 Å². The number of nitrogens with zero attached hydrogens (tertiary/aromatic N) is 1. The third-order valence-corrected chi connectivity index (χ3v) is 3.78. The summed E-state index contributed by atoms with van der Waals surface area (Å²) in [6, 6.07) is 5.40. The van der Waals surface area contributed by atoms with Gasteiger partial charge in [0.25, 0.3) is 11.8 Å². The van der Waals surface area contributed by atoms with Gasteiger partial charge in [0.15, 0.2) is 0 Å². The summed E-state index contributed by atoms with van der Waals surface area (Å²) < 4.78 is 0. The van der Waals surface area contributed by atoms with Gasteiger partial charge in [-0.3, -0.25) is 34.2 Å². The Morgan fingerprint density at radius 2 is 2.00 bits per heavy atom. The highest BCUT2D eigenvalue weighted by molar-refractivity contribution is 6.20. The number of imide groups is 2. The molecule has 1 aromatic carbocycles. The highest BCUT2D eigenvalue weighted by atomic mass is 16.2. The van der Waals surface area contributed by atoms with Crippen LogP contribution in [0.3, 0.4) is 0 Å². The summed E-state index contributed by atoms with van der Waals surface area (Å²) >= 11 is 0. The molecule has 0 aromatic heterocycles. The quantitative estimate of drug-likeness (QED) is 0.593. The highest BCUT2D eigenvalue weighted by Crippen LogP contribution is 2.22. The lowest BCUT2D eigenvalue weighted by molar-refractivity contribution is -0.149. The first-order chi connectivity index (χ1) is 11.5. The number of hydrogen-bond acceptors (Lipinski definition) is 6. The number of amides is 4. The van der Waals surface area contributed by atoms with Gasteiger partial charge in [-0.2, -0.15) is 0 Å². The van der Waals surface area contributed by atoms with Gasteiger partial charge in [0.2, 0.25) is 11.8 Å². The van der Waals surface area contributed by atoms with Crippen molar-refractivity contribution in [3.05, 3.63) is 41.6 Å². The Morgan fingerprint density at radius 3 is 2.71 bits per heavy atom. The Balaban J connectivity index is 1.78. The van der Waals surface area contributed by atoms with Gasteiger partial charge in [-0.25, -0.2) is 0 Å². The SMILES string of the molecule is O=Cc1cccc(NC2=CC(=O)N(C3CCC(=O)NC3=O)C2=O)c1. The Labute approximate surface area is 136 Å². The third kappa shape index (κ3) is 2.81. The second-order valence-corrected chi connectivity index (χ2v) is 5.41. The molecule has 4 amide bonds. The molecule has 24 heavy (non-hydrogen) atoms. The van der Waals surface area contributed by atoms with Crippen LogP contribution < -0.4 is 10.6 Å². The number of piperidine rings is 1. The van der Waals surface area contributed by atoms with Crippen LogP contribution in [0.4, 0.5) is 5.69 Å². The smallest absolute Gasteiger partial charge is 0.278 e. The summed E-state index contributed by atoms with van der Waals surface area (Å²) in [5.74, 6) is -2.35. The van der Waals surface area contributed by atoms with Gasteiger partial charge in [-0.15, -0.1) is 0 Å². The van der Waals surface area contributed by atoms with Crippen LogP contribution in [-0.4, -0.2) is 40.9 Å².